The summed E-state index contributed by atoms with van der Waals surface area (Å²) in [5, 5.41) is 4.50. The monoisotopic (exact) mass is 636 g/mol. The second-order valence-electron chi connectivity index (χ2n) is 9.97. The van der Waals surface area contributed by atoms with Crippen molar-refractivity contribution in [1.82, 2.24) is 10.3 Å². The molecule has 0 bridgehead atoms. The van der Waals surface area contributed by atoms with Gasteiger partial charge in [0.1, 0.15) is 12.7 Å². The first-order valence-electron chi connectivity index (χ1n) is 13.4. The molecule has 3 N–H and O–H groups in total. The van der Waals surface area contributed by atoms with Gasteiger partial charge in [0.25, 0.3) is 0 Å². The molecule has 1 aliphatic heterocycles. The number of benzene rings is 1. The number of nitrogens with two attached hydrogens (primary N) is 1. The van der Waals surface area contributed by atoms with Crippen LogP contribution in [0.5, 0.6) is 0 Å². The lowest BCUT2D eigenvalue weighted by Crippen LogP contribution is -2.68. The van der Waals surface area contributed by atoms with Gasteiger partial charge in [0.2, 0.25) is 17.2 Å². The number of hydrogen-bond donors (Lipinski definition) is 2. The number of ether oxygens (including phenoxy) is 5. The van der Waals surface area contributed by atoms with E-state index in [9.17, 15) is 24.0 Å². The van der Waals surface area contributed by atoms with E-state index < -0.39 is 66.2 Å². The number of aromatic nitrogens is 2. The highest BCUT2D eigenvalue weighted by Gasteiger charge is 2.54. The van der Waals surface area contributed by atoms with E-state index in [0.29, 0.717) is 12.0 Å². The number of nitrogens with one attached hydrogen (secondary N) is 1. The van der Waals surface area contributed by atoms with Crippen LogP contribution in [0.2, 0.25) is 0 Å². The van der Waals surface area contributed by atoms with E-state index in [0.717, 1.165) is 38.3 Å². The second kappa shape index (κ2) is 14.7. The number of esters is 4. The molecule has 0 saturated carbocycles. The van der Waals surface area contributed by atoms with Gasteiger partial charge in [-0.25, -0.2) is 5.01 Å². The molecule has 238 valence electrons. The first-order valence-corrected chi connectivity index (χ1v) is 13.8. The Kier molecular flexibility index (Phi) is 11.3. The predicted octanol–water partition coefficient (Wildman–Crippen LogP) is 0.843. The third kappa shape index (κ3) is 8.25. The van der Waals surface area contributed by atoms with Crippen molar-refractivity contribution in [3.05, 3.63) is 35.5 Å². The maximum atomic E-state index is 12.2. The van der Waals surface area contributed by atoms with Gasteiger partial charge < -0.3 is 29.4 Å². The Morgan fingerprint density at radius 1 is 1.00 bits per heavy atom. The van der Waals surface area contributed by atoms with Crippen LogP contribution in [0.15, 0.2) is 28.8 Å². The largest absolute Gasteiger partial charge is 0.463 e. The van der Waals surface area contributed by atoms with E-state index in [1.165, 1.54) is 4.68 Å². The molecule has 2 heterocycles. The zero-order valence-corrected chi connectivity index (χ0v) is 25.7. The molecule has 0 unspecified atom stereocenters. The highest BCUT2D eigenvalue weighted by molar-refractivity contribution is 7.80. The number of hydrazine groups is 1. The fraction of sp³-hybridized carbons (Fsp3) is 0.481. The molecule has 5 atom stereocenters. The molecule has 1 aromatic carbocycles. The van der Waals surface area contributed by atoms with Crippen molar-refractivity contribution in [2.24, 2.45) is 5.73 Å². The van der Waals surface area contributed by atoms with E-state index in [4.69, 9.17) is 46.2 Å². The third-order valence-corrected chi connectivity index (χ3v) is 6.47. The topological polar surface area (TPSA) is 203 Å². The lowest BCUT2D eigenvalue weighted by molar-refractivity contribution is -0.671. The number of nitrogens with zero attached hydrogens (tertiary/aromatic N) is 3. The van der Waals surface area contributed by atoms with Gasteiger partial charge in [-0.05, 0) is 28.4 Å². The van der Waals surface area contributed by atoms with Gasteiger partial charge in [0.05, 0.1) is 0 Å². The van der Waals surface area contributed by atoms with Gasteiger partial charge in [-0.1, -0.05) is 26.0 Å². The number of aldehydes is 1. The number of hydrogen-bond acceptors (Lipinski definition) is 14. The molecule has 17 heteroatoms. The molecular formula is C27H34N5O11S+. The average molecular weight is 637 g/mol. The summed E-state index contributed by atoms with van der Waals surface area (Å²) >= 11 is 5.24. The molecule has 1 saturated heterocycles. The summed E-state index contributed by atoms with van der Waals surface area (Å²) in [6, 6.07) is 7.25. The van der Waals surface area contributed by atoms with Gasteiger partial charge in [-0.2, -0.15) is 0 Å². The molecule has 0 aliphatic carbocycles. The molecular weight excluding hydrogens is 602 g/mol. The van der Waals surface area contributed by atoms with Crippen molar-refractivity contribution < 1.29 is 56.9 Å². The molecule has 16 nitrogen and oxygen atoms in total. The van der Waals surface area contributed by atoms with Crippen molar-refractivity contribution in [3.63, 3.8) is 0 Å². The summed E-state index contributed by atoms with van der Waals surface area (Å²) in [5.41, 5.74) is 10.2. The average Bonchev–Trinajstić information content (AvgIpc) is 3.34. The number of carbonyl (C=O) groups is 5. The highest BCUT2D eigenvalue weighted by atomic mass is 32.1. The van der Waals surface area contributed by atoms with Crippen LogP contribution in [0, 0.1) is 0 Å². The molecule has 1 aliphatic rings. The van der Waals surface area contributed by atoms with Crippen molar-refractivity contribution in [1.29, 1.82) is 0 Å². The van der Waals surface area contributed by atoms with Crippen molar-refractivity contribution in [3.8, 4) is 5.69 Å². The van der Waals surface area contributed by atoms with Crippen LogP contribution in [0.1, 0.15) is 63.5 Å². The van der Waals surface area contributed by atoms with E-state index in [1.54, 1.807) is 12.1 Å². The Bertz CT molecular complexity index is 1400. The number of thiocarbonyl (C=S) groups is 1. The summed E-state index contributed by atoms with van der Waals surface area (Å²) in [7, 11) is 0. The summed E-state index contributed by atoms with van der Waals surface area (Å²) in [5.74, 6) is -3.11. The van der Waals surface area contributed by atoms with E-state index >= 15 is 0 Å². The Morgan fingerprint density at radius 3 is 2.07 bits per heavy atom. The summed E-state index contributed by atoms with van der Waals surface area (Å²) in [6.07, 6.45) is -6.79. The maximum absolute atomic E-state index is 12.2. The molecule has 3 rings (SSSR count). The van der Waals surface area contributed by atoms with Gasteiger partial charge in [-0.3, -0.25) is 33.9 Å². The first kappa shape index (κ1) is 33.9. The fourth-order valence-electron chi connectivity index (χ4n) is 4.40. The second-order valence-corrected chi connectivity index (χ2v) is 10.4. The van der Waals surface area contributed by atoms with E-state index in [2.05, 4.69) is 10.7 Å². The molecule has 0 radical (unpaired) electrons. The smallest absolute Gasteiger partial charge is 0.345 e. The lowest BCUT2D eigenvalue weighted by Gasteiger charge is -2.47. The minimum absolute atomic E-state index is 0.0887. The van der Waals surface area contributed by atoms with Crippen LogP contribution in [0.25, 0.3) is 5.69 Å². The van der Waals surface area contributed by atoms with Crippen LogP contribution in [-0.2, 0) is 42.9 Å². The number of carbonyl (C=O) groups excluding carboxylic acids is 5. The Hall–Kier alpha value is -4.64. The van der Waals surface area contributed by atoms with Crippen LogP contribution in [-0.4, -0.2) is 82.8 Å². The highest BCUT2D eigenvalue weighted by Crippen LogP contribution is 2.31. The first-order chi connectivity index (χ1) is 20.7. The molecule has 1 aromatic heterocycles. The standard InChI is InChI=1S/C27H33N5O11S/c1-13(2)18-7-9-19(10-8-18)31-20(11-33)25(43-30-31)29-32(27(28)44)26-24(41-17(6)37)23(40-16(5)36)22(39-15(4)35)21(42-26)12-38-14(3)34/h7-11,13,21-24,26H,12H2,1-6H3,(H2-,28,29,30,33,44)/p+1/t21-,22+,23+,24-,26-/m1/s1. The Morgan fingerprint density at radius 2 is 1.57 bits per heavy atom. The normalized spacial score (nSPS) is 21.1. The van der Waals surface area contributed by atoms with Crippen LogP contribution in [0.4, 0.5) is 5.88 Å². The number of anilines is 1. The maximum Gasteiger partial charge on any atom is 0.345 e. The van der Waals surface area contributed by atoms with Gasteiger partial charge in [0.15, 0.2) is 29.7 Å². The minimum atomic E-state index is -1.54. The Labute approximate surface area is 257 Å². The molecule has 44 heavy (non-hydrogen) atoms. The Balaban J connectivity index is 2.08. The van der Waals surface area contributed by atoms with Crippen molar-refractivity contribution in [2.75, 3.05) is 12.0 Å². The molecule has 1 fully saturated rings. The molecule has 0 amide bonds. The van der Waals surface area contributed by atoms with Crippen LogP contribution < -0.4 is 15.8 Å². The zero-order chi connectivity index (χ0) is 32.7. The molecule has 2 aromatic rings. The van der Waals surface area contributed by atoms with Gasteiger partial charge in [-0.15, -0.1) is 0 Å². The summed E-state index contributed by atoms with van der Waals surface area (Å²) < 4.78 is 34.1. The summed E-state index contributed by atoms with van der Waals surface area (Å²) in [6.45, 7) is 8.01. The van der Waals surface area contributed by atoms with Crippen LogP contribution in [0.3, 0.4) is 0 Å². The SMILES string of the molecule is CC(=O)OC[C@H]1O[C@@H](N(Nc2on[n+](-c3ccc(C(C)C)cc3)c2C=O)C(N)=S)[C@H](OC(C)=O)[C@@H](OC(C)=O)[C@H]1OC(C)=O. The van der Waals surface area contributed by atoms with E-state index in [-0.39, 0.29) is 17.5 Å². The predicted molar refractivity (Wildman–Crippen MR) is 152 cm³/mol. The van der Waals surface area contributed by atoms with Crippen molar-refractivity contribution in [2.45, 2.75) is 78.1 Å². The number of rotatable bonds is 11. The van der Waals surface area contributed by atoms with E-state index in [1.807, 2.05) is 26.0 Å². The summed E-state index contributed by atoms with van der Waals surface area (Å²) in [4.78, 5) is 60.2. The minimum Gasteiger partial charge on any atom is -0.463 e. The quantitative estimate of drug-likeness (QED) is 0.0876. The van der Waals surface area contributed by atoms with Crippen molar-refractivity contribution >= 4 is 53.4 Å². The van der Waals surface area contributed by atoms with Crippen LogP contribution >= 0.6 is 12.2 Å². The van der Waals surface area contributed by atoms with Gasteiger partial charge in [0, 0.05) is 39.8 Å². The van der Waals surface area contributed by atoms with Gasteiger partial charge >= 0.3 is 35.5 Å². The third-order valence-electron chi connectivity index (χ3n) is 6.27. The molecule has 0 spiro atoms. The lowest BCUT2D eigenvalue weighted by atomic mass is 9.97. The fourth-order valence-corrected chi connectivity index (χ4v) is 4.55. The zero-order valence-electron chi connectivity index (χ0n) is 24.9.